The molecule has 30 heavy (non-hydrogen) atoms. The maximum absolute atomic E-state index is 12.4. The molecule has 1 aromatic carbocycles. The smallest absolute Gasteiger partial charge is 0.349 e. The summed E-state index contributed by atoms with van der Waals surface area (Å²) >= 11 is 0. The fourth-order valence-corrected chi connectivity index (χ4v) is 2.78. The van der Waals surface area contributed by atoms with Crippen molar-refractivity contribution < 1.29 is 23.9 Å². The fraction of sp³-hybridized carbons (Fsp3) is 0.333. The van der Waals surface area contributed by atoms with Gasteiger partial charge >= 0.3 is 18.0 Å². The van der Waals surface area contributed by atoms with Crippen molar-refractivity contribution >= 4 is 29.7 Å². The van der Waals surface area contributed by atoms with Gasteiger partial charge in [-0.2, -0.15) is 5.26 Å². The van der Waals surface area contributed by atoms with Crippen LogP contribution in [-0.4, -0.2) is 51.3 Å². The second kappa shape index (κ2) is 10.1. The number of esters is 2. The molecular formula is C21H24N4O5. The molecule has 1 heterocycles. The number of benzene rings is 1. The molecule has 0 radical (unpaired) electrons. The summed E-state index contributed by atoms with van der Waals surface area (Å²) in [5.74, 6) is -1.49. The molecule has 0 bridgehead atoms. The summed E-state index contributed by atoms with van der Waals surface area (Å²) in [6.07, 6.45) is 1.41. The van der Waals surface area contributed by atoms with E-state index in [1.54, 1.807) is 26.0 Å². The zero-order valence-electron chi connectivity index (χ0n) is 17.3. The first-order chi connectivity index (χ1) is 14.3. The van der Waals surface area contributed by atoms with Crippen LogP contribution in [0.3, 0.4) is 0 Å². The summed E-state index contributed by atoms with van der Waals surface area (Å²) < 4.78 is 10.2. The number of nitrogens with one attached hydrogen (secondary N) is 2. The molecule has 9 nitrogen and oxygen atoms in total. The lowest BCUT2D eigenvalue weighted by atomic mass is 10.0. The van der Waals surface area contributed by atoms with Gasteiger partial charge in [0.15, 0.2) is 0 Å². The average Bonchev–Trinajstić information content (AvgIpc) is 2.70. The first-order valence-electron chi connectivity index (χ1n) is 9.30. The second-order valence-electron chi connectivity index (χ2n) is 6.66. The number of hydrogen-bond donors (Lipinski definition) is 2. The Morgan fingerprint density at radius 3 is 2.47 bits per heavy atom. The van der Waals surface area contributed by atoms with Crippen LogP contribution in [0.1, 0.15) is 19.4 Å². The molecule has 0 spiro atoms. The summed E-state index contributed by atoms with van der Waals surface area (Å²) in [5, 5.41) is 14.3. The Labute approximate surface area is 174 Å². The van der Waals surface area contributed by atoms with Crippen molar-refractivity contribution in [2.24, 2.45) is 0 Å². The highest BCUT2D eigenvalue weighted by Gasteiger charge is 2.30. The summed E-state index contributed by atoms with van der Waals surface area (Å²) in [4.78, 5) is 38.2. The van der Waals surface area contributed by atoms with Gasteiger partial charge in [-0.15, -0.1) is 0 Å². The van der Waals surface area contributed by atoms with Crippen LogP contribution in [0.5, 0.6) is 0 Å². The van der Waals surface area contributed by atoms with E-state index in [4.69, 9.17) is 9.47 Å². The van der Waals surface area contributed by atoms with Crippen molar-refractivity contribution in [3.63, 3.8) is 0 Å². The van der Waals surface area contributed by atoms with Gasteiger partial charge in [-0.25, -0.2) is 14.4 Å². The van der Waals surface area contributed by atoms with Crippen molar-refractivity contribution in [1.82, 2.24) is 10.6 Å². The van der Waals surface area contributed by atoms with E-state index in [0.717, 1.165) is 5.69 Å². The predicted octanol–water partition coefficient (Wildman–Crippen LogP) is 1.72. The lowest BCUT2D eigenvalue weighted by Gasteiger charge is -2.26. The molecule has 2 N–H and O–H groups in total. The number of urea groups is 1. The van der Waals surface area contributed by atoms with E-state index in [-0.39, 0.29) is 30.1 Å². The molecule has 158 valence electrons. The van der Waals surface area contributed by atoms with Crippen LogP contribution < -0.4 is 15.5 Å². The van der Waals surface area contributed by atoms with Crippen LogP contribution in [0.4, 0.5) is 10.5 Å². The highest BCUT2D eigenvalue weighted by atomic mass is 16.5. The normalized spacial score (nSPS) is 16.2. The summed E-state index contributed by atoms with van der Waals surface area (Å²) in [6.45, 7) is 3.05. The van der Waals surface area contributed by atoms with Crippen molar-refractivity contribution in [3.05, 3.63) is 46.7 Å². The molecule has 0 unspecified atom stereocenters. The van der Waals surface area contributed by atoms with Gasteiger partial charge in [0.25, 0.3) is 0 Å². The number of anilines is 1. The topological polar surface area (TPSA) is 121 Å². The second-order valence-corrected chi connectivity index (χ2v) is 6.66. The van der Waals surface area contributed by atoms with Gasteiger partial charge in [-0.1, -0.05) is 12.1 Å². The monoisotopic (exact) mass is 412 g/mol. The Balaban J connectivity index is 2.17. The van der Waals surface area contributed by atoms with Crippen molar-refractivity contribution in [2.75, 3.05) is 32.2 Å². The molecule has 0 fully saturated rings. The number of nitrogens with zero attached hydrogens (tertiary/aromatic N) is 2. The number of rotatable bonds is 7. The van der Waals surface area contributed by atoms with E-state index in [9.17, 15) is 19.6 Å². The molecule has 1 aliphatic heterocycles. The molecular weight excluding hydrogens is 388 g/mol. The molecule has 0 aromatic heterocycles. The summed E-state index contributed by atoms with van der Waals surface area (Å²) in [6, 6.07) is 7.93. The maximum Gasteiger partial charge on any atom is 0.349 e. The summed E-state index contributed by atoms with van der Waals surface area (Å²) in [5.41, 5.74) is 1.70. The third-order valence-corrected chi connectivity index (χ3v) is 4.27. The van der Waals surface area contributed by atoms with Gasteiger partial charge in [0.2, 0.25) is 0 Å². The number of ether oxygens (including phenoxy) is 2. The van der Waals surface area contributed by atoms with Crippen molar-refractivity contribution in [2.45, 2.75) is 19.9 Å². The maximum atomic E-state index is 12.4. The lowest BCUT2D eigenvalue weighted by Crippen LogP contribution is -2.50. The van der Waals surface area contributed by atoms with Crippen LogP contribution in [0.25, 0.3) is 6.08 Å². The Morgan fingerprint density at radius 2 is 1.90 bits per heavy atom. The molecule has 2 amide bonds. The van der Waals surface area contributed by atoms with Gasteiger partial charge in [-0.3, -0.25) is 0 Å². The van der Waals surface area contributed by atoms with E-state index >= 15 is 0 Å². The molecule has 0 aliphatic carbocycles. The summed E-state index contributed by atoms with van der Waals surface area (Å²) in [7, 11) is 3.81. The standard InChI is InChI=1S/C21H24N4O5/c1-5-29-20(27)18-13(2)23-21(28)24-17(18)12-30-19(26)15(11-22)10-14-6-8-16(9-7-14)25(3)4/h6-10,13H,5,12H2,1-4H3,(H2,23,24,28)/b15-10+/t13-/m0/s1. The zero-order valence-corrected chi connectivity index (χ0v) is 17.3. The minimum Gasteiger partial charge on any atom is -0.463 e. The number of nitriles is 1. The molecule has 2 rings (SSSR count). The molecule has 0 saturated heterocycles. The van der Waals surface area contributed by atoms with Crippen molar-refractivity contribution in [1.29, 1.82) is 5.26 Å². The van der Waals surface area contributed by atoms with E-state index in [0.29, 0.717) is 5.56 Å². The Hall–Kier alpha value is -3.80. The third-order valence-electron chi connectivity index (χ3n) is 4.27. The predicted molar refractivity (Wildman–Crippen MR) is 110 cm³/mol. The van der Waals surface area contributed by atoms with Crippen LogP contribution >= 0.6 is 0 Å². The Bertz CT molecular complexity index is 926. The SMILES string of the molecule is CCOC(=O)C1=C(COC(=O)/C(C#N)=C/c2ccc(N(C)C)cc2)NC(=O)N[C@H]1C. The van der Waals surface area contributed by atoms with Crippen LogP contribution in [0.2, 0.25) is 0 Å². The van der Waals surface area contributed by atoms with Crippen molar-refractivity contribution in [3.8, 4) is 6.07 Å². The van der Waals surface area contributed by atoms with E-state index in [1.807, 2.05) is 37.2 Å². The minimum absolute atomic E-state index is 0.116. The largest absolute Gasteiger partial charge is 0.463 e. The van der Waals surface area contributed by atoms with E-state index < -0.39 is 24.0 Å². The van der Waals surface area contributed by atoms with Gasteiger partial charge in [0, 0.05) is 19.8 Å². The highest BCUT2D eigenvalue weighted by Crippen LogP contribution is 2.17. The fourth-order valence-electron chi connectivity index (χ4n) is 2.78. The van der Waals surface area contributed by atoms with Gasteiger partial charge in [0.05, 0.1) is 23.9 Å². The molecule has 1 atom stereocenters. The number of hydrogen-bond acceptors (Lipinski definition) is 7. The molecule has 1 aliphatic rings. The molecule has 1 aromatic rings. The van der Waals surface area contributed by atoms with E-state index in [1.165, 1.54) is 6.08 Å². The first-order valence-corrected chi connectivity index (χ1v) is 9.30. The van der Waals surface area contributed by atoms with Crippen LogP contribution in [0, 0.1) is 11.3 Å². The minimum atomic E-state index is -0.870. The van der Waals surface area contributed by atoms with Gasteiger partial charge in [-0.05, 0) is 37.6 Å². The van der Waals surface area contributed by atoms with Crippen LogP contribution in [0.15, 0.2) is 41.1 Å². The quantitative estimate of drug-likeness (QED) is 0.397. The number of carbonyl (C=O) groups excluding carboxylic acids is 3. The van der Waals surface area contributed by atoms with Crippen LogP contribution in [-0.2, 0) is 19.1 Å². The lowest BCUT2D eigenvalue weighted by molar-refractivity contribution is -0.140. The van der Waals surface area contributed by atoms with E-state index in [2.05, 4.69) is 10.6 Å². The molecule has 0 saturated carbocycles. The first kappa shape index (κ1) is 22.5. The molecule has 9 heteroatoms. The highest BCUT2D eigenvalue weighted by molar-refractivity contribution is 5.98. The van der Waals surface area contributed by atoms with Gasteiger partial charge in [0.1, 0.15) is 18.2 Å². The average molecular weight is 412 g/mol. The van der Waals surface area contributed by atoms with Gasteiger partial charge < -0.3 is 25.0 Å². The zero-order chi connectivity index (χ0) is 22.3. The third kappa shape index (κ3) is 5.61. The number of amides is 2. The number of carbonyl (C=O) groups is 3. The Morgan fingerprint density at radius 1 is 1.23 bits per heavy atom. The Kier molecular flexibility index (Phi) is 7.58.